The molecule has 0 bridgehead atoms. The van der Waals surface area contributed by atoms with Crippen molar-refractivity contribution in [2.75, 3.05) is 20.2 Å². The summed E-state index contributed by atoms with van der Waals surface area (Å²) in [6.45, 7) is 3.14. The van der Waals surface area contributed by atoms with Crippen molar-refractivity contribution >= 4 is 28.4 Å². The number of nitrogens with one attached hydrogen (secondary N) is 2. The lowest BCUT2D eigenvalue weighted by molar-refractivity contribution is 0.0563. The molecule has 1 aliphatic rings. The average Bonchev–Trinajstić information content (AvgIpc) is 3.05. The molecule has 0 aliphatic carbocycles. The van der Waals surface area contributed by atoms with Gasteiger partial charge in [-0.15, -0.1) is 12.4 Å². The molecule has 0 saturated carbocycles. The number of hydrogen-bond donors (Lipinski definition) is 2. The predicted molar refractivity (Wildman–Crippen MR) is 78.3 cm³/mol. The summed E-state index contributed by atoms with van der Waals surface area (Å²) >= 11 is 0. The van der Waals surface area contributed by atoms with E-state index in [2.05, 4.69) is 14.8 Å². The molecule has 0 aromatic carbocycles. The maximum Gasteiger partial charge on any atom is 0.373 e. The first-order chi connectivity index (χ1) is 9.47. The topological polar surface area (TPSA) is 97.6 Å². The largest absolute Gasteiger partial charge is 0.463 e. The van der Waals surface area contributed by atoms with E-state index in [9.17, 15) is 13.2 Å². The number of halogens is 1. The second-order valence-corrected chi connectivity index (χ2v) is 6.24. The standard InChI is InChI=1S/C12H18N2O5S.ClH/c1-3-9-11(6-10(19-9)12(15)18-2)20(16,17)14-8-4-5-13-7-8;/h6,8,13-14H,3-5,7H2,1-2H3;1H. The Morgan fingerprint density at radius 2 is 2.29 bits per heavy atom. The first-order valence-electron chi connectivity index (χ1n) is 6.42. The summed E-state index contributed by atoms with van der Waals surface area (Å²) in [4.78, 5) is 11.4. The molecule has 21 heavy (non-hydrogen) atoms. The fourth-order valence-electron chi connectivity index (χ4n) is 2.13. The first-order valence-corrected chi connectivity index (χ1v) is 7.90. The molecule has 2 heterocycles. The molecular formula is C12H19ClN2O5S. The van der Waals surface area contributed by atoms with Crippen LogP contribution in [0.15, 0.2) is 15.4 Å². The quantitative estimate of drug-likeness (QED) is 0.767. The number of carbonyl (C=O) groups is 1. The summed E-state index contributed by atoms with van der Waals surface area (Å²) in [5.74, 6) is -0.540. The average molecular weight is 339 g/mol. The predicted octanol–water partition coefficient (Wildman–Crippen LogP) is 0.691. The van der Waals surface area contributed by atoms with E-state index in [1.165, 1.54) is 13.2 Å². The summed E-state index contributed by atoms with van der Waals surface area (Å²) in [6.07, 6.45) is 1.11. The van der Waals surface area contributed by atoms with Crippen molar-refractivity contribution in [1.29, 1.82) is 0 Å². The zero-order valence-electron chi connectivity index (χ0n) is 11.8. The van der Waals surface area contributed by atoms with E-state index in [1.54, 1.807) is 6.92 Å². The Morgan fingerprint density at radius 1 is 1.57 bits per heavy atom. The lowest BCUT2D eigenvalue weighted by atomic mass is 10.3. The number of esters is 1. The summed E-state index contributed by atoms with van der Waals surface area (Å²) < 4.78 is 37.1. The van der Waals surface area contributed by atoms with E-state index in [0.29, 0.717) is 13.0 Å². The molecule has 2 rings (SSSR count). The minimum atomic E-state index is -3.70. The Balaban J connectivity index is 0.00000220. The van der Waals surface area contributed by atoms with Crippen LogP contribution in [0.5, 0.6) is 0 Å². The third kappa shape index (κ3) is 3.97. The van der Waals surface area contributed by atoms with Crippen LogP contribution in [-0.4, -0.2) is 40.6 Å². The Labute approximate surface area is 129 Å². The van der Waals surface area contributed by atoms with E-state index >= 15 is 0 Å². The van der Waals surface area contributed by atoms with Gasteiger partial charge in [-0.2, -0.15) is 0 Å². The van der Waals surface area contributed by atoms with E-state index < -0.39 is 16.0 Å². The SMILES string of the molecule is CCc1oc(C(=O)OC)cc1S(=O)(=O)NC1CCNC1.Cl. The van der Waals surface area contributed by atoms with Gasteiger partial charge < -0.3 is 14.5 Å². The smallest absolute Gasteiger partial charge is 0.373 e. The normalized spacial score (nSPS) is 18.3. The van der Waals surface area contributed by atoms with Crippen LogP contribution in [0.1, 0.15) is 29.7 Å². The van der Waals surface area contributed by atoms with Gasteiger partial charge >= 0.3 is 5.97 Å². The number of carbonyl (C=O) groups excluding carboxylic acids is 1. The van der Waals surface area contributed by atoms with Gasteiger partial charge in [0.1, 0.15) is 10.7 Å². The molecule has 0 amide bonds. The van der Waals surface area contributed by atoms with Crippen molar-refractivity contribution in [3.63, 3.8) is 0 Å². The molecular weight excluding hydrogens is 320 g/mol. The van der Waals surface area contributed by atoms with Gasteiger partial charge in [-0.05, 0) is 13.0 Å². The number of furan rings is 1. The van der Waals surface area contributed by atoms with Gasteiger partial charge in [0, 0.05) is 25.1 Å². The third-order valence-electron chi connectivity index (χ3n) is 3.15. The van der Waals surface area contributed by atoms with Gasteiger partial charge in [-0.1, -0.05) is 6.92 Å². The molecule has 1 aliphatic heterocycles. The fraction of sp³-hybridized carbons (Fsp3) is 0.583. The maximum absolute atomic E-state index is 12.3. The van der Waals surface area contributed by atoms with Crippen LogP contribution in [0, 0.1) is 0 Å². The van der Waals surface area contributed by atoms with Crippen molar-refractivity contribution in [3.05, 3.63) is 17.6 Å². The van der Waals surface area contributed by atoms with Gasteiger partial charge in [0.05, 0.1) is 7.11 Å². The molecule has 2 N–H and O–H groups in total. The van der Waals surface area contributed by atoms with Crippen LogP contribution >= 0.6 is 12.4 Å². The number of ether oxygens (including phenoxy) is 1. The highest BCUT2D eigenvalue weighted by atomic mass is 35.5. The summed E-state index contributed by atoms with van der Waals surface area (Å²) in [5.41, 5.74) is 0. The third-order valence-corrected chi connectivity index (χ3v) is 4.72. The zero-order valence-corrected chi connectivity index (χ0v) is 13.5. The molecule has 1 aromatic rings. The fourth-order valence-corrected chi connectivity index (χ4v) is 3.64. The lowest BCUT2D eigenvalue weighted by Gasteiger charge is -2.11. The van der Waals surface area contributed by atoms with Crippen molar-refractivity contribution in [2.24, 2.45) is 0 Å². The van der Waals surface area contributed by atoms with Crippen LogP contribution < -0.4 is 10.0 Å². The maximum atomic E-state index is 12.3. The van der Waals surface area contributed by atoms with Gasteiger partial charge in [0.15, 0.2) is 0 Å². The molecule has 9 heteroatoms. The van der Waals surface area contributed by atoms with Crippen LogP contribution in [0.2, 0.25) is 0 Å². The lowest BCUT2D eigenvalue weighted by Crippen LogP contribution is -2.36. The van der Waals surface area contributed by atoms with E-state index in [-0.39, 0.29) is 34.9 Å². The van der Waals surface area contributed by atoms with Gasteiger partial charge in [-0.3, -0.25) is 0 Å². The van der Waals surface area contributed by atoms with Crippen LogP contribution in [0.3, 0.4) is 0 Å². The molecule has 1 atom stereocenters. The zero-order chi connectivity index (χ0) is 14.8. The van der Waals surface area contributed by atoms with Crippen molar-refractivity contribution in [3.8, 4) is 0 Å². The number of sulfonamides is 1. The molecule has 0 radical (unpaired) electrons. The highest BCUT2D eigenvalue weighted by molar-refractivity contribution is 7.89. The second kappa shape index (κ2) is 7.26. The summed E-state index contributed by atoms with van der Waals surface area (Å²) in [6, 6.07) is 1.08. The minimum absolute atomic E-state index is 0. The number of methoxy groups -OCH3 is 1. The Hall–Kier alpha value is -1.09. The Kier molecular flexibility index (Phi) is 6.21. The second-order valence-electron chi connectivity index (χ2n) is 4.55. The van der Waals surface area contributed by atoms with Crippen molar-refractivity contribution in [1.82, 2.24) is 10.0 Å². The molecule has 1 unspecified atom stereocenters. The summed E-state index contributed by atoms with van der Waals surface area (Å²) in [7, 11) is -2.48. The van der Waals surface area contributed by atoms with Crippen LogP contribution in [-0.2, 0) is 21.2 Å². The van der Waals surface area contributed by atoms with E-state index in [1.807, 2.05) is 0 Å². The van der Waals surface area contributed by atoms with Gasteiger partial charge in [0.2, 0.25) is 15.8 Å². The number of aryl methyl sites for hydroxylation is 1. The molecule has 0 spiro atoms. The van der Waals surface area contributed by atoms with Crippen LogP contribution in [0.4, 0.5) is 0 Å². The molecule has 1 fully saturated rings. The summed E-state index contributed by atoms with van der Waals surface area (Å²) in [5, 5.41) is 3.08. The Bertz CT molecular complexity index is 593. The van der Waals surface area contributed by atoms with Crippen LogP contribution in [0.25, 0.3) is 0 Å². The number of rotatable bonds is 5. The van der Waals surface area contributed by atoms with Gasteiger partial charge in [0.25, 0.3) is 0 Å². The number of hydrogen-bond acceptors (Lipinski definition) is 6. The molecule has 1 saturated heterocycles. The van der Waals surface area contributed by atoms with Crippen molar-refractivity contribution in [2.45, 2.75) is 30.7 Å². The first kappa shape index (κ1) is 18.0. The van der Waals surface area contributed by atoms with E-state index in [4.69, 9.17) is 4.42 Å². The molecule has 120 valence electrons. The van der Waals surface area contributed by atoms with Gasteiger partial charge in [-0.25, -0.2) is 17.9 Å². The van der Waals surface area contributed by atoms with E-state index in [0.717, 1.165) is 13.0 Å². The van der Waals surface area contributed by atoms with Crippen molar-refractivity contribution < 1.29 is 22.4 Å². The monoisotopic (exact) mass is 338 g/mol. The minimum Gasteiger partial charge on any atom is -0.463 e. The Morgan fingerprint density at radius 3 is 2.81 bits per heavy atom. The molecule has 7 nitrogen and oxygen atoms in total. The molecule has 1 aromatic heterocycles. The highest BCUT2D eigenvalue weighted by Crippen LogP contribution is 2.22. The highest BCUT2D eigenvalue weighted by Gasteiger charge is 2.28.